The summed E-state index contributed by atoms with van der Waals surface area (Å²) in [7, 11) is -3.48. The van der Waals surface area contributed by atoms with Crippen LogP contribution >= 0.6 is 8.25 Å². The monoisotopic (exact) mass is 310 g/mol. The van der Waals surface area contributed by atoms with Gasteiger partial charge in [0.15, 0.2) is 12.2 Å². The lowest BCUT2D eigenvalue weighted by Crippen LogP contribution is -2.25. The minimum absolute atomic E-state index is 0.727. The van der Waals surface area contributed by atoms with Gasteiger partial charge in [0, 0.05) is 13.8 Å². The first-order chi connectivity index (χ1) is 9.13. The Bertz CT molecular complexity index is 392. The van der Waals surface area contributed by atoms with Crippen LogP contribution < -0.4 is 0 Å². The smallest absolute Gasteiger partial charge is 0.423 e. The molecular formula is C10H15O9P. The molecule has 9 nitrogen and oxygen atoms in total. The standard InChI is InChI=1S/C10H15O9P/c1-5(16-7(3)11)9(13)18-20(15)19-10(14)6(2)17-8(4)12/h5-6,20H,1-4H3/t5-,6-/m0/s1. The lowest BCUT2D eigenvalue weighted by molar-refractivity contribution is -0.162. The second kappa shape index (κ2) is 8.31. The largest absolute Gasteiger partial charge is 0.451 e. The molecule has 0 amide bonds. The van der Waals surface area contributed by atoms with Gasteiger partial charge >= 0.3 is 32.1 Å². The molecule has 0 saturated heterocycles. The molecule has 20 heavy (non-hydrogen) atoms. The first kappa shape index (κ1) is 18.1. The van der Waals surface area contributed by atoms with Gasteiger partial charge in [-0.05, 0) is 13.8 Å². The zero-order chi connectivity index (χ0) is 15.9. The molecule has 0 radical (unpaired) electrons. The van der Waals surface area contributed by atoms with Gasteiger partial charge in [0.05, 0.1) is 0 Å². The average molecular weight is 310 g/mol. The number of carbonyl (C=O) groups is 4. The normalized spacial score (nSPS) is 13.1. The molecular weight excluding hydrogens is 295 g/mol. The van der Waals surface area contributed by atoms with Crippen molar-refractivity contribution >= 4 is 32.1 Å². The molecule has 0 spiro atoms. The Morgan fingerprint density at radius 3 is 1.35 bits per heavy atom. The third-order valence-electron chi connectivity index (χ3n) is 1.72. The van der Waals surface area contributed by atoms with Gasteiger partial charge in [-0.25, -0.2) is 14.2 Å². The fourth-order valence-electron chi connectivity index (χ4n) is 0.945. The van der Waals surface area contributed by atoms with E-state index in [0.29, 0.717) is 0 Å². The van der Waals surface area contributed by atoms with Crippen molar-refractivity contribution in [2.24, 2.45) is 0 Å². The van der Waals surface area contributed by atoms with E-state index in [9.17, 15) is 23.7 Å². The van der Waals surface area contributed by atoms with Crippen LogP contribution in [0.25, 0.3) is 0 Å². The number of carbonyl (C=O) groups excluding carboxylic acids is 4. The van der Waals surface area contributed by atoms with Crippen molar-refractivity contribution in [3.05, 3.63) is 0 Å². The van der Waals surface area contributed by atoms with E-state index in [1.807, 2.05) is 0 Å². The summed E-state index contributed by atoms with van der Waals surface area (Å²) in [6, 6.07) is 0. The summed E-state index contributed by atoms with van der Waals surface area (Å²) in [5.41, 5.74) is 0. The molecule has 0 aliphatic carbocycles. The van der Waals surface area contributed by atoms with Crippen LogP contribution in [0.4, 0.5) is 0 Å². The number of hydrogen-bond acceptors (Lipinski definition) is 9. The SMILES string of the molecule is CC(=O)O[C@@H](C)C(=O)O[PH](=O)OC(=O)[C@H](C)OC(C)=O. The molecule has 0 fully saturated rings. The lowest BCUT2D eigenvalue weighted by atomic mass is 10.4. The van der Waals surface area contributed by atoms with E-state index in [0.717, 1.165) is 13.8 Å². The van der Waals surface area contributed by atoms with Crippen LogP contribution in [0.2, 0.25) is 0 Å². The highest BCUT2D eigenvalue weighted by molar-refractivity contribution is 7.34. The molecule has 0 aliphatic rings. The van der Waals surface area contributed by atoms with E-state index >= 15 is 0 Å². The number of ether oxygens (including phenoxy) is 2. The summed E-state index contributed by atoms with van der Waals surface area (Å²) in [6.45, 7) is 4.55. The van der Waals surface area contributed by atoms with E-state index in [1.165, 1.54) is 13.8 Å². The molecule has 0 N–H and O–H groups in total. The van der Waals surface area contributed by atoms with Gasteiger partial charge in [0.25, 0.3) is 0 Å². The van der Waals surface area contributed by atoms with Gasteiger partial charge in [0.2, 0.25) is 0 Å². The van der Waals surface area contributed by atoms with Crippen LogP contribution in [-0.4, -0.2) is 36.1 Å². The predicted molar refractivity (Wildman–Crippen MR) is 63.6 cm³/mol. The van der Waals surface area contributed by atoms with Crippen molar-refractivity contribution in [1.82, 2.24) is 0 Å². The van der Waals surface area contributed by atoms with E-state index in [2.05, 4.69) is 18.5 Å². The molecule has 2 atom stereocenters. The highest BCUT2D eigenvalue weighted by Crippen LogP contribution is 2.26. The van der Waals surface area contributed by atoms with E-state index in [1.54, 1.807) is 0 Å². The van der Waals surface area contributed by atoms with E-state index in [-0.39, 0.29) is 0 Å². The van der Waals surface area contributed by atoms with Crippen LogP contribution in [0.1, 0.15) is 27.7 Å². The zero-order valence-corrected chi connectivity index (χ0v) is 12.3. The molecule has 10 heteroatoms. The summed E-state index contributed by atoms with van der Waals surface area (Å²) < 4.78 is 28.8. The van der Waals surface area contributed by atoms with Crippen molar-refractivity contribution in [1.29, 1.82) is 0 Å². The van der Waals surface area contributed by atoms with Crippen molar-refractivity contribution < 1.29 is 42.3 Å². The topological polar surface area (TPSA) is 122 Å². The Morgan fingerprint density at radius 2 is 1.10 bits per heavy atom. The average Bonchev–Trinajstić information content (AvgIpc) is 2.26. The fourth-order valence-corrected chi connectivity index (χ4v) is 1.65. The van der Waals surface area contributed by atoms with Crippen molar-refractivity contribution in [2.45, 2.75) is 39.9 Å². The quantitative estimate of drug-likeness (QED) is 0.388. The Hall–Kier alpha value is -1.89. The molecule has 0 unspecified atom stereocenters. The highest BCUT2D eigenvalue weighted by atomic mass is 31.1. The Morgan fingerprint density at radius 1 is 0.800 bits per heavy atom. The van der Waals surface area contributed by atoms with Gasteiger partial charge in [-0.3, -0.25) is 9.59 Å². The predicted octanol–water partition coefficient (Wildman–Crippen LogP) is 0.366. The lowest BCUT2D eigenvalue weighted by Gasteiger charge is -2.13. The number of esters is 2. The number of hydrogen-bond donors (Lipinski definition) is 0. The van der Waals surface area contributed by atoms with Gasteiger partial charge in [-0.2, -0.15) is 0 Å². The minimum atomic E-state index is -3.48. The van der Waals surface area contributed by atoms with Gasteiger partial charge < -0.3 is 18.5 Å². The van der Waals surface area contributed by atoms with E-state index in [4.69, 9.17) is 0 Å². The highest BCUT2D eigenvalue weighted by Gasteiger charge is 2.24. The van der Waals surface area contributed by atoms with Crippen LogP contribution in [0, 0.1) is 0 Å². The Kier molecular flexibility index (Phi) is 7.53. The van der Waals surface area contributed by atoms with Crippen LogP contribution in [0.5, 0.6) is 0 Å². The summed E-state index contributed by atoms with van der Waals surface area (Å²) in [5.74, 6) is -3.71. The Labute approximate surface area is 115 Å². The molecule has 0 aromatic carbocycles. The summed E-state index contributed by atoms with van der Waals surface area (Å²) in [5, 5.41) is 0. The molecule has 0 saturated carbocycles. The minimum Gasteiger partial charge on any atom is -0.451 e. The van der Waals surface area contributed by atoms with Crippen LogP contribution in [0.15, 0.2) is 0 Å². The van der Waals surface area contributed by atoms with Gasteiger partial charge in [-0.15, -0.1) is 0 Å². The summed E-state index contributed by atoms with van der Waals surface area (Å²) >= 11 is 0. The fraction of sp³-hybridized carbons (Fsp3) is 0.600. The molecule has 0 aromatic heterocycles. The van der Waals surface area contributed by atoms with Crippen molar-refractivity contribution in [3.63, 3.8) is 0 Å². The zero-order valence-electron chi connectivity index (χ0n) is 11.3. The number of rotatable bonds is 6. The van der Waals surface area contributed by atoms with Crippen molar-refractivity contribution in [2.75, 3.05) is 0 Å². The van der Waals surface area contributed by atoms with Gasteiger partial charge in [-0.1, -0.05) is 0 Å². The molecule has 0 aromatic rings. The second-order valence-corrected chi connectivity index (χ2v) is 4.50. The first-order valence-electron chi connectivity index (χ1n) is 5.45. The molecule has 0 rings (SSSR count). The van der Waals surface area contributed by atoms with Crippen LogP contribution in [0.3, 0.4) is 0 Å². The maximum Gasteiger partial charge on any atom is 0.423 e. The van der Waals surface area contributed by atoms with Crippen LogP contribution in [-0.2, 0) is 42.3 Å². The van der Waals surface area contributed by atoms with E-state index < -0.39 is 44.3 Å². The first-order valence-corrected chi connectivity index (χ1v) is 6.67. The molecule has 0 aliphatic heterocycles. The van der Waals surface area contributed by atoms with Gasteiger partial charge in [0.1, 0.15) is 0 Å². The third kappa shape index (κ3) is 7.52. The third-order valence-corrected chi connectivity index (χ3v) is 2.45. The molecule has 0 heterocycles. The van der Waals surface area contributed by atoms with Crippen molar-refractivity contribution in [3.8, 4) is 0 Å². The maximum atomic E-state index is 11.3. The maximum absolute atomic E-state index is 11.3. The summed E-state index contributed by atoms with van der Waals surface area (Å²) in [6.07, 6.45) is -2.57. The second-order valence-electron chi connectivity index (χ2n) is 3.60. The molecule has 114 valence electrons. The Balaban J connectivity index is 4.28. The molecule has 0 bridgehead atoms. The summed E-state index contributed by atoms with van der Waals surface area (Å²) in [4.78, 5) is 43.7.